The van der Waals surface area contributed by atoms with Crippen LogP contribution < -0.4 is 10.9 Å². The maximum atomic E-state index is 12.0. The summed E-state index contributed by atoms with van der Waals surface area (Å²) in [5.74, 6) is -0.0238. The summed E-state index contributed by atoms with van der Waals surface area (Å²) in [5, 5.41) is 2.95. The summed E-state index contributed by atoms with van der Waals surface area (Å²) >= 11 is 3.34. The van der Waals surface area contributed by atoms with Crippen molar-refractivity contribution in [3.63, 3.8) is 0 Å². The second-order valence-electron chi connectivity index (χ2n) is 6.27. The fourth-order valence-electron chi connectivity index (χ4n) is 3.09. The first-order chi connectivity index (χ1) is 12.1. The normalized spacial score (nSPS) is 14.1. The average Bonchev–Trinajstić information content (AvgIpc) is 2.62. The molecule has 0 radical (unpaired) electrons. The molecular weight excluding hydrogens is 382 g/mol. The van der Waals surface area contributed by atoms with Crippen molar-refractivity contribution < 1.29 is 4.79 Å². The van der Waals surface area contributed by atoms with Gasteiger partial charge in [-0.15, -0.1) is 0 Å². The maximum absolute atomic E-state index is 12.0. The van der Waals surface area contributed by atoms with Gasteiger partial charge < -0.3 is 9.88 Å². The molecule has 0 spiro atoms. The van der Waals surface area contributed by atoms with Crippen molar-refractivity contribution in [1.82, 2.24) is 14.8 Å². The number of nitrogens with one attached hydrogen (secondary N) is 1. The van der Waals surface area contributed by atoms with Crippen LogP contribution in [-0.2, 0) is 24.3 Å². The number of nitrogens with zero attached hydrogens (tertiary/aromatic N) is 2. The topological polar surface area (TPSA) is 54.3 Å². The Morgan fingerprint density at radius 1 is 1.12 bits per heavy atom. The van der Waals surface area contributed by atoms with E-state index < -0.39 is 0 Å². The third-order valence-corrected chi connectivity index (χ3v) is 4.96. The Kier molecular flexibility index (Phi) is 6.04. The molecule has 1 amide bonds. The van der Waals surface area contributed by atoms with Crippen LogP contribution in [-0.4, -0.2) is 35.0 Å². The highest BCUT2D eigenvalue weighted by atomic mass is 79.9. The van der Waals surface area contributed by atoms with E-state index in [1.54, 1.807) is 16.8 Å². The smallest absolute Gasteiger partial charge is 0.250 e. The highest BCUT2D eigenvalue weighted by Gasteiger charge is 2.15. The minimum atomic E-state index is -0.0945. The summed E-state index contributed by atoms with van der Waals surface area (Å²) in [6, 6.07) is 11.7. The Bertz CT molecular complexity index is 803. The molecule has 0 fully saturated rings. The van der Waals surface area contributed by atoms with Gasteiger partial charge in [-0.25, -0.2) is 0 Å². The second kappa shape index (κ2) is 8.45. The molecular formula is C19H22BrN3O2. The SMILES string of the molecule is O=C(CCn1cc(Br)ccc1=O)NCCN1CCc2ccccc2C1. The summed E-state index contributed by atoms with van der Waals surface area (Å²) in [7, 11) is 0. The molecule has 1 aliphatic heterocycles. The number of halogens is 1. The zero-order valence-electron chi connectivity index (χ0n) is 14.1. The van der Waals surface area contributed by atoms with Gasteiger partial charge in [0.05, 0.1) is 0 Å². The summed E-state index contributed by atoms with van der Waals surface area (Å²) in [6.07, 6.45) is 3.08. The van der Waals surface area contributed by atoms with Crippen molar-refractivity contribution in [2.75, 3.05) is 19.6 Å². The Hall–Kier alpha value is -1.92. The Morgan fingerprint density at radius 2 is 1.92 bits per heavy atom. The first-order valence-corrected chi connectivity index (χ1v) is 9.33. The minimum Gasteiger partial charge on any atom is -0.355 e. The molecule has 132 valence electrons. The molecule has 6 heteroatoms. The van der Waals surface area contributed by atoms with Gasteiger partial charge in [-0.3, -0.25) is 14.5 Å². The number of aryl methyl sites for hydroxylation is 1. The number of pyridine rings is 1. The molecule has 5 nitrogen and oxygen atoms in total. The van der Waals surface area contributed by atoms with Gasteiger partial charge in [0.25, 0.3) is 5.56 Å². The molecule has 0 saturated heterocycles. The van der Waals surface area contributed by atoms with Crippen LogP contribution in [0.3, 0.4) is 0 Å². The third kappa shape index (κ3) is 5.03. The van der Waals surface area contributed by atoms with Gasteiger partial charge >= 0.3 is 0 Å². The molecule has 2 aromatic rings. The Labute approximate surface area is 155 Å². The first-order valence-electron chi connectivity index (χ1n) is 8.53. The number of hydrogen-bond donors (Lipinski definition) is 1. The molecule has 0 aliphatic carbocycles. The number of carbonyl (C=O) groups excluding carboxylic acids is 1. The van der Waals surface area contributed by atoms with Gasteiger partial charge in [-0.2, -0.15) is 0 Å². The van der Waals surface area contributed by atoms with Crippen LogP contribution in [0.1, 0.15) is 17.5 Å². The van der Waals surface area contributed by atoms with Gasteiger partial charge in [-0.05, 0) is 39.5 Å². The summed E-state index contributed by atoms with van der Waals surface area (Å²) in [4.78, 5) is 26.1. The lowest BCUT2D eigenvalue weighted by Gasteiger charge is -2.28. The predicted molar refractivity (Wildman–Crippen MR) is 101 cm³/mol. The average molecular weight is 404 g/mol. The quantitative estimate of drug-likeness (QED) is 0.803. The zero-order chi connectivity index (χ0) is 17.6. The number of hydrogen-bond acceptors (Lipinski definition) is 3. The van der Waals surface area contributed by atoms with Gasteiger partial charge in [-0.1, -0.05) is 24.3 Å². The molecule has 0 saturated carbocycles. The predicted octanol–water partition coefficient (Wildman–Crippen LogP) is 2.18. The van der Waals surface area contributed by atoms with Gasteiger partial charge in [0.15, 0.2) is 0 Å². The lowest BCUT2D eigenvalue weighted by molar-refractivity contribution is -0.121. The molecule has 1 aromatic carbocycles. The zero-order valence-corrected chi connectivity index (χ0v) is 15.7. The molecule has 0 atom stereocenters. The largest absolute Gasteiger partial charge is 0.355 e. The highest BCUT2D eigenvalue weighted by molar-refractivity contribution is 9.10. The Morgan fingerprint density at radius 3 is 2.76 bits per heavy atom. The van der Waals surface area contributed by atoms with Crippen molar-refractivity contribution in [2.45, 2.75) is 25.9 Å². The number of carbonyl (C=O) groups is 1. The summed E-state index contributed by atoms with van der Waals surface area (Å²) < 4.78 is 2.38. The fourth-order valence-corrected chi connectivity index (χ4v) is 3.47. The lowest BCUT2D eigenvalue weighted by atomic mass is 10.00. The van der Waals surface area contributed by atoms with E-state index in [2.05, 4.69) is 50.4 Å². The fraction of sp³-hybridized carbons (Fsp3) is 0.368. The molecule has 0 bridgehead atoms. The van der Waals surface area contributed by atoms with Crippen molar-refractivity contribution in [1.29, 1.82) is 0 Å². The van der Waals surface area contributed by atoms with E-state index in [1.807, 2.05) is 0 Å². The summed E-state index contributed by atoms with van der Waals surface area (Å²) in [5.41, 5.74) is 2.72. The van der Waals surface area contributed by atoms with Crippen LogP contribution in [0.4, 0.5) is 0 Å². The summed E-state index contributed by atoms with van der Waals surface area (Å²) in [6.45, 7) is 3.84. The number of aromatic nitrogens is 1. The van der Waals surface area contributed by atoms with E-state index in [0.29, 0.717) is 19.5 Å². The van der Waals surface area contributed by atoms with E-state index >= 15 is 0 Å². The van der Waals surface area contributed by atoms with E-state index in [-0.39, 0.29) is 11.5 Å². The van der Waals surface area contributed by atoms with Crippen LogP contribution in [0.15, 0.2) is 51.9 Å². The van der Waals surface area contributed by atoms with Crippen molar-refractivity contribution in [3.05, 3.63) is 68.5 Å². The number of rotatable bonds is 6. The molecule has 0 unspecified atom stereocenters. The first kappa shape index (κ1) is 17.9. The molecule has 1 N–H and O–H groups in total. The maximum Gasteiger partial charge on any atom is 0.250 e. The second-order valence-corrected chi connectivity index (χ2v) is 7.19. The number of fused-ring (bicyclic) bond motifs is 1. The van der Waals surface area contributed by atoms with E-state index in [0.717, 1.165) is 30.5 Å². The number of benzene rings is 1. The molecule has 3 rings (SSSR count). The highest BCUT2D eigenvalue weighted by Crippen LogP contribution is 2.17. The van der Waals surface area contributed by atoms with Crippen LogP contribution in [0.5, 0.6) is 0 Å². The van der Waals surface area contributed by atoms with Crippen molar-refractivity contribution in [3.8, 4) is 0 Å². The molecule has 25 heavy (non-hydrogen) atoms. The van der Waals surface area contributed by atoms with Crippen LogP contribution in [0.25, 0.3) is 0 Å². The molecule has 2 heterocycles. The van der Waals surface area contributed by atoms with Crippen LogP contribution >= 0.6 is 15.9 Å². The minimum absolute atomic E-state index is 0.0238. The van der Waals surface area contributed by atoms with Crippen molar-refractivity contribution >= 4 is 21.8 Å². The van der Waals surface area contributed by atoms with Gasteiger partial charge in [0.2, 0.25) is 5.91 Å². The van der Waals surface area contributed by atoms with E-state index in [4.69, 9.17) is 0 Å². The van der Waals surface area contributed by atoms with Gasteiger partial charge in [0, 0.05) is 55.9 Å². The van der Waals surface area contributed by atoms with E-state index in [1.165, 1.54) is 17.2 Å². The van der Waals surface area contributed by atoms with Crippen LogP contribution in [0, 0.1) is 0 Å². The standard InChI is InChI=1S/C19H22BrN3O2/c20-17-5-6-19(25)23(14-17)11-8-18(24)21-9-12-22-10-7-15-3-1-2-4-16(15)13-22/h1-6,14H,7-13H2,(H,21,24). The van der Waals surface area contributed by atoms with E-state index in [9.17, 15) is 9.59 Å². The molecule has 1 aliphatic rings. The third-order valence-electron chi connectivity index (χ3n) is 4.49. The van der Waals surface area contributed by atoms with Crippen LogP contribution in [0.2, 0.25) is 0 Å². The monoisotopic (exact) mass is 403 g/mol. The lowest BCUT2D eigenvalue weighted by Crippen LogP contribution is -2.38. The van der Waals surface area contributed by atoms with Crippen molar-refractivity contribution in [2.24, 2.45) is 0 Å². The number of amides is 1. The Balaban J connectivity index is 1.40. The van der Waals surface area contributed by atoms with Gasteiger partial charge in [0.1, 0.15) is 0 Å². The molecule has 1 aromatic heterocycles.